The summed E-state index contributed by atoms with van der Waals surface area (Å²) in [7, 11) is 0. The van der Waals surface area contributed by atoms with Crippen molar-refractivity contribution in [3.8, 4) is 0 Å². The van der Waals surface area contributed by atoms with Crippen LogP contribution in [0.1, 0.15) is 30.0 Å². The van der Waals surface area contributed by atoms with Crippen molar-refractivity contribution in [1.29, 1.82) is 0 Å². The molecule has 1 N–H and O–H groups in total. The lowest BCUT2D eigenvalue weighted by Crippen LogP contribution is -2.06. The highest BCUT2D eigenvalue weighted by Gasteiger charge is 2.12. The summed E-state index contributed by atoms with van der Waals surface area (Å²) >= 11 is 1.74. The first-order chi connectivity index (χ1) is 7.81. The molecule has 86 valence electrons. The van der Waals surface area contributed by atoms with Gasteiger partial charge in [0.15, 0.2) is 0 Å². The SMILES string of the molecule is CCn1cncc1C(O)CCc1cccs1. The largest absolute Gasteiger partial charge is 0.387 e. The highest BCUT2D eigenvalue weighted by molar-refractivity contribution is 7.09. The van der Waals surface area contributed by atoms with Crippen molar-refractivity contribution in [1.82, 2.24) is 9.55 Å². The Bertz CT molecular complexity index is 422. The molecule has 0 aliphatic heterocycles. The van der Waals surface area contributed by atoms with Gasteiger partial charge < -0.3 is 9.67 Å². The van der Waals surface area contributed by atoms with E-state index in [0.717, 1.165) is 25.1 Å². The summed E-state index contributed by atoms with van der Waals surface area (Å²) in [5, 5.41) is 12.1. The van der Waals surface area contributed by atoms with E-state index in [1.165, 1.54) is 4.88 Å². The van der Waals surface area contributed by atoms with Crippen LogP contribution in [0.4, 0.5) is 0 Å². The maximum Gasteiger partial charge on any atom is 0.0959 e. The van der Waals surface area contributed by atoms with E-state index in [2.05, 4.69) is 23.4 Å². The summed E-state index contributed by atoms with van der Waals surface area (Å²) < 4.78 is 1.99. The number of aliphatic hydroxyl groups is 1. The molecule has 4 heteroatoms. The molecule has 2 aromatic heterocycles. The van der Waals surface area contributed by atoms with E-state index in [4.69, 9.17) is 0 Å². The van der Waals surface area contributed by atoms with Crippen LogP contribution in [0.5, 0.6) is 0 Å². The predicted molar refractivity (Wildman–Crippen MR) is 65.5 cm³/mol. The molecule has 0 bridgehead atoms. The van der Waals surface area contributed by atoms with E-state index >= 15 is 0 Å². The molecule has 0 fully saturated rings. The third-order valence-electron chi connectivity index (χ3n) is 2.67. The highest BCUT2D eigenvalue weighted by atomic mass is 32.1. The van der Waals surface area contributed by atoms with Crippen LogP contribution in [-0.2, 0) is 13.0 Å². The lowest BCUT2D eigenvalue weighted by Gasteiger charge is -2.11. The van der Waals surface area contributed by atoms with Gasteiger partial charge in [-0.1, -0.05) is 6.07 Å². The fourth-order valence-electron chi connectivity index (χ4n) is 1.75. The van der Waals surface area contributed by atoms with Gasteiger partial charge >= 0.3 is 0 Å². The third-order valence-corrected chi connectivity index (χ3v) is 3.61. The Morgan fingerprint density at radius 3 is 3.12 bits per heavy atom. The molecule has 3 nitrogen and oxygen atoms in total. The number of aromatic nitrogens is 2. The van der Waals surface area contributed by atoms with Crippen LogP contribution >= 0.6 is 11.3 Å². The molecule has 0 aliphatic rings. The fraction of sp³-hybridized carbons (Fsp3) is 0.417. The maximum atomic E-state index is 10.1. The molecule has 1 atom stereocenters. The van der Waals surface area contributed by atoms with E-state index in [0.29, 0.717) is 0 Å². The smallest absolute Gasteiger partial charge is 0.0959 e. The molecule has 0 aliphatic carbocycles. The summed E-state index contributed by atoms with van der Waals surface area (Å²) in [5.74, 6) is 0. The first kappa shape index (κ1) is 11.4. The van der Waals surface area contributed by atoms with Crippen molar-refractivity contribution >= 4 is 11.3 Å². The molecule has 2 rings (SSSR count). The van der Waals surface area contributed by atoms with E-state index in [9.17, 15) is 5.11 Å². The Hall–Kier alpha value is -1.13. The second-order valence-corrected chi connectivity index (χ2v) is 4.77. The first-order valence-corrected chi connectivity index (χ1v) is 6.39. The quantitative estimate of drug-likeness (QED) is 0.866. The van der Waals surface area contributed by atoms with Gasteiger partial charge in [0.25, 0.3) is 0 Å². The summed E-state index contributed by atoms with van der Waals surface area (Å²) in [4.78, 5) is 5.39. The molecule has 0 aromatic carbocycles. The molecular weight excluding hydrogens is 220 g/mol. The van der Waals surface area contributed by atoms with Gasteiger partial charge in [0.2, 0.25) is 0 Å². The topological polar surface area (TPSA) is 38.0 Å². The lowest BCUT2D eigenvalue weighted by molar-refractivity contribution is 0.159. The number of thiophene rings is 1. The molecule has 0 spiro atoms. The van der Waals surface area contributed by atoms with Crippen LogP contribution in [-0.4, -0.2) is 14.7 Å². The number of aryl methyl sites for hydroxylation is 2. The van der Waals surface area contributed by atoms with Crippen molar-refractivity contribution in [2.75, 3.05) is 0 Å². The third kappa shape index (κ3) is 2.51. The normalized spacial score (nSPS) is 12.9. The second kappa shape index (κ2) is 5.27. The molecule has 0 saturated heterocycles. The molecule has 1 unspecified atom stereocenters. The van der Waals surface area contributed by atoms with Crippen molar-refractivity contribution in [2.45, 2.75) is 32.4 Å². The van der Waals surface area contributed by atoms with Crippen LogP contribution in [0.15, 0.2) is 30.0 Å². The number of imidazole rings is 1. The van der Waals surface area contributed by atoms with Gasteiger partial charge in [0.1, 0.15) is 0 Å². The summed E-state index contributed by atoms with van der Waals surface area (Å²) in [6.07, 6.45) is 4.79. The van der Waals surface area contributed by atoms with Crippen molar-refractivity contribution in [3.05, 3.63) is 40.6 Å². The monoisotopic (exact) mass is 236 g/mol. The molecule has 0 amide bonds. The Morgan fingerprint density at radius 1 is 1.56 bits per heavy atom. The zero-order valence-corrected chi connectivity index (χ0v) is 10.2. The number of nitrogens with zero attached hydrogens (tertiary/aromatic N) is 2. The predicted octanol–water partition coefficient (Wildman–Crippen LogP) is 2.63. The number of aliphatic hydroxyl groups excluding tert-OH is 1. The van der Waals surface area contributed by atoms with Crippen LogP contribution < -0.4 is 0 Å². The second-order valence-electron chi connectivity index (χ2n) is 3.74. The Kier molecular flexibility index (Phi) is 3.74. The van der Waals surface area contributed by atoms with E-state index in [-0.39, 0.29) is 0 Å². The minimum absolute atomic E-state index is 0.412. The standard InChI is InChI=1S/C12H16N2OS/c1-2-14-9-13-8-11(14)12(15)6-5-10-4-3-7-16-10/h3-4,7-9,12,15H,2,5-6H2,1H3. The van der Waals surface area contributed by atoms with Gasteiger partial charge in [-0.15, -0.1) is 11.3 Å². The average molecular weight is 236 g/mol. The maximum absolute atomic E-state index is 10.1. The van der Waals surface area contributed by atoms with Crippen LogP contribution in [0.3, 0.4) is 0 Å². The Balaban J connectivity index is 1.95. The fourth-order valence-corrected chi connectivity index (χ4v) is 2.48. The number of hydrogen-bond acceptors (Lipinski definition) is 3. The number of hydrogen-bond donors (Lipinski definition) is 1. The van der Waals surface area contributed by atoms with Crippen LogP contribution in [0, 0.1) is 0 Å². The van der Waals surface area contributed by atoms with Crippen molar-refractivity contribution in [2.24, 2.45) is 0 Å². The summed E-state index contributed by atoms with van der Waals surface area (Å²) in [6.45, 7) is 2.91. The van der Waals surface area contributed by atoms with Gasteiger partial charge in [0, 0.05) is 11.4 Å². The number of rotatable bonds is 5. The molecule has 0 radical (unpaired) electrons. The average Bonchev–Trinajstić information content (AvgIpc) is 2.96. The summed E-state index contributed by atoms with van der Waals surface area (Å²) in [5.41, 5.74) is 0.916. The molecule has 2 heterocycles. The van der Waals surface area contributed by atoms with Crippen LogP contribution in [0.2, 0.25) is 0 Å². The molecule has 2 aromatic rings. The van der Waals surface area contributed by atoms with Gasteiger partial charge in [-0.05, 0) is 31.2 Å². The first-order valence-electron chi connectivity index (χ1n) is 5.51. The van der Waals surface area contributed by atoms with Crippen LogP contribution in [0.25, 0.3) is 0 Å². The van der Waals surface area contributed by atoms with Crippen molar-refractivity contribution < 1.29 is 5.11 Å². The lowest BCUT2D eigenvalue weighted by atomic mass is 10.1. The summed E-state index contributed by atoms with van der Waals surface area (Å²) in [6, 6.07) is 4.15. The van der Waals surface area contributed by atoms with Crippen molar-refractivity contribution in [3.63, 3.8) is 0 Å². The van der Waals surface area contributed by atoms with Gasteiger partial charge in [-0.25, -0.2) is 4.98 Å². The van der Waals surface area contributed by atoms with Gasteiger partial charge in [-0.3, -0.25) is 0 Å². The Morgan fingerprint density at radius 2 is 2.44 bits per heavy atom. The zero-order valence-electron chi connectivity index (χ0n) is 9.34. The molecule has 0 saturated carbocycles. The Labute approximate surface area is 99.4 Å². The highest BCUT2D eigenvalue weighted by Crippen LogP contribution is 2.20. The molecule has 16 heavy (non-hydrogen) atoms. The van der Waals surface area contributed by atoms with E-state index in [1.54, 1.807) is 23.9 Å². The minimum atomic E-state index is -0.412. The van der Waals surface area contributed by atoms with E-state index < -0.39 is 6.10 Å². The van der Waals surface area contributed by atoms with Gasteiger partial charge in [-0.2, -0.15) is 0 Å². The zero-order chi connectivity index (χ0) is 11.4. The molecular formula is C12H16N2OS. The minimum Gasteiger partial charge on any atom is -0.387 e. The van der Waals surface area contributed by atoms with E-state index in [1.807, 2.05) is 10.6 Å². The van der Waals surface area contributed by atoms with Gasteiger partial charge in [0.05, 0.1) is 24.3 Å².